The predicted octanol–water partition coefficient (Wildman–Crippen LogP) is 6.58. The number of tetrazole rings is 1. The van der Waals surface area contributed by atoms with Crippen LogP contribution in [0, 0.1) is 6.92 Å². The number of rotatable bonds is 11. The summed E-state index contributed by atoms with van der Waals surface area (Å²) in [6.45, 7) is 8.29. The first-order valence-electron chi connectivity index (χ1n) is 14.5. The van der Waals surface area contributed by atoms with E-state index >= 15 is 0 Å². The fourth-order valence-corrected chi connectivity index (χ4v) is 5.64. The second kappa shape index (κ2) is 11.9. The Morgan fingerprint density at radius 2 is 1.76 bits per heavy atom. The highest BCUT2D eigenvalue weighted by molar-refractivity contribution is 5.85. The fourth-order valence-electron chi connectivity index (χ4n) is 5.64. The third-order valence-corrected chi connectivity index (χ3v) is 7.61. The molecule has 0 amide bonds. The molecule has 8 nitrogen and oxygen atoms in total. The first kappa shape index (κ1) is 26.6. The van der Waals surface area contributed by atoms with Crippen molar-refractivity contribution in [3.05, 3.63) is 102 Å². The van der Waals surface area contributed by atoms with Gasteiger partial charge in [-0.2, -0.15) is 5.21 Å². The standard InChI is InChI=1S/C33H36N8/c1-4-9-32-35-33-23(3)17-27(29-21-40(16-5-2)22-34-29)19-30(33)41(32)20-24-12-14-28(25-10-7-6-8-11-25)26(18-24)13-15-31-36-38-39-37-31/h6-8,10-12,14,17-19,21-22H,4-5,9,13,15-16,20H2,1-3H3,(H,36,37,38,39). The van der Waals surface area contributed by atoms with E-state index in [9.17, 15) is 0 Å². The lowest BCUT2D eigenvalue weighted by atomic mass is 9.94. The van der Waals surface area contributed by atoms with Gasteiger partial charge < -0.3 is 9.13 Å². The second-order valence-corrected chi connectivity index (χ2v) is 10.7. The number of hydrogen-bond donors (Lipinski definition) is 1. The summed E-state index contributed by atoms with van der Waals surface area (Å²) in [5.74, 6) is 1.85. The lowest BCUT2D eigenvalue weighted by Gasteiger charge is -2.14. The molecule has 3 aromatic heterocycles. The van der Waals surface area contributed by atoms with Crippen LogP contribution in [0.2, 0.25) is 0 Å². The number of aromatic amines is 1. The number of H-pyrrole nitrogens is 1. The molecule has 3 heterocycles. The third-order valence-electron chi connectivity index (χ3n) is 7.61. The van der Waals surface area contributed by atoms with Crippen LogP contribution in [0.15, 0.2) is 73.2 Å². The average Bonchev–Trinajstić information content (AvgIpc) is 3.75. The van der Waals surface area contributed by atoms with E-state index in [2.05, 4.69) is 117 Å². The van der Waals surface area contributed by atoms with Crippen LogP contribution < -0.4 is 0 Å². The molecule has 0 saturated carbocycles. The molecule has 0 spiro atoms. The molecule has 0 radical (unpaired) electrons. The Labute approximate surface area is 240 Å². The predicted molar refractivity (Wildman–Crippen MR) is 163 cm³/mol. The lowest BCUT2D eigenvalue weighted by Crippen LogP contribution is -2.06. The molecule has 0 atom stereocenters. The Morgan fingerprint density at radius 3 is 2.54 bits per heavy atom. The second-order valence-electron chi connectivity index (χ2n) is 10.7. The van der Waals surface area contributed by atoms with E-state index in [0.29, 0.717) is 0 Å². The Hall–Kier alpha value is -4.59. The van der Waals surface area contributed by atoms with Crippen molar-refractivity contribution in [1.29, 1.82) is 0 Å². The van der Waals surface area contributed by atoms with Crippen molar-refractivity contribution in [2.24, 2.45) is 0 Å². The van der Waals surface area contributed by atoms with Crippen LogP contribution >= 0.6 is 0 Å². The van der Waals surface area contributed by atoms with Crippen molar-refractivity contribution in [3.63, 3.8) is 0 Å². The largest absolute Gasteiger partial charge is 0.337 e. The van der Waals surface area contributed by atoms with Crippen molar-refractivity contribution in [3.8, 4) is 22.4 Å². The quantitative estimate of drug-likeness (QED) is 0.199. The van der Waals surface area contributed by atoms with E-state index in [4.69, 9.17) is 9.97 Å². The summed E-state index contributed by atoms with van der Waals surface area (Å²) < 4.78 is 4.57. The van der Waals surface area contributed by atoms with E-state index in [1.165, 1.54) is 27.8 Å². The number of hydrogen-bond acceptors (Lipinski definition) is 5. The number of aromatic nitrogens is 8. The van der Waals surface area contributed by atoms with Gasteiger partial charge in [-0.3, -0.25) is 0 Å². The van der Waals surface area contributed by atoms with Crippen LogP contribution in [0.1, 0.15) is 55.0 Å². The highest BCUT2D eigenvalue weighted by Crippen LogP contribution is 2.30. The molecule has 0 aliphatic heterocycles. The normalized spacial score (nSPS) is 11.5. The molecule has 6 aromatic rings. The number of nitrogens with one attached hydrogen (secondary N) is 1. The first-order chi connectivity index (χ1) is 20.1. The van der Waals surface area contributed by atoms with Gasteiger partial charge >= 0.3 is 0 Å². The molecule has 0 fully saturated rings. The zero-order valence-electron chi connectivity index (χ0n) is 24.0. The maximum absolute atomic E-state index is 5.14. The first-order valence-corrected chi connectivity index (χ1v) is 14.5. The van der Waals surface area contributed by atoms with Crippen molar-refractivity contribution < 1.29 is 0 Å². The average molecular weight is 545 g/mol. The molecule has 6 rings (SSSR count). The van der Waals surface area contributed by atoms with Crippen molar-refractivity contribution >= 4 is 11.0 Å². The van der Waals surface area contributed by atoms with E-state index in [1.807, 2.05) is 6.33 Å². The Bertz CT molecular complexity index is 1750. The number of fused-ring (bicyclic) bond motifs is 1. The van der Waals surface area contributed by atoms with Gasteiger partial charge in [0.2, 0.25) is 0 Å². The summed E-state index contributed by atoms with van der Waals surface area (Å²) in [5.41, 5.74) is 10.5. The van der Waals surface area contributed by atoms with Gasteiger partial charge in [-0.05, 0) is 66.1 Å². The molecule has 0 bridgehead atoms. The maximum atomic E-state index is 5.14. The van der Waals surface area contributed by atoms with E-state index < -0.39 is 0 Å². The number of imidazole rings is 2. The summed E-state index contributed by atoms with van der Waals surface area (Å²) >= 11 is 0. The number of benzene rings is 3. The topological polar surface area (TPSA) is 90.1 Å². The van der Waals surface area contributed by atoms with Gasteiger partial charge in [-0.1, -0.05) is 67.6 Å². The SMILES string of the molecule is CCCc1nc2c(C)cc(-c3cn(CCC)cn3)cc2n1Cc1ccc(-c2ccccc2)c(CCc2nn[nH]n2)c1. The van der Waals surface area contributed by atoms with Crippen LogP contribution in [0.25, 0.3) is 33.4 Å². The molecule has 0 unspecified atom stereocenters. The van der Waals surface area contributed by atoms with Crippen molar-refractivity contribution in [2.45, 2.75) is 66.0 Å². The number of aryl methyl sites for hydroxylation is 5. The molecular weight excluding hydrogens is 508 g/mol. The zero-order chi connectivity index (χ0) is 28.2. The Morgan fingerprint density at radius 1 is 0.878 bits per heavy atom. The van der Waals surface area contributed by atoms with E-state index in [0.717, 1.165) is 79.1 Å². The molecule has 208 valence electrons. The summed E-state index contributed by atoms with van der Waals surface area (Å²) in [5, 5.41) is 14.6. The van der Waals surface area contributed by atoms with Gasteiger partial charge in [0, 0.05) is 37.7 Å². The highest BCUT2D eigenvalue weighted by atomic mass is 15.5. The van der Waals surface area contributed by atoms with Gasteiger partial charge in [0.15, 0.2) is 5.82 Å². The molecular formula is C33H36N8. The zero-order valence-corrected chi connectivity index (χ0v) is 24.0. The van der Waals surface area contributed by atoms with Gasteiger partial charge in [0.05, 0.1) is 23.1 Å². The molecule has 0 aliphatic carbocycles. The third kappa shape index (κ3) is 5.68. The van der Waals surface area contributed by atoms with Gasteiger partial charge in [-0.15, -0.1) is 10.2 Å². The van der Waals surface area contributed by atoms with Gasteiger partial charge in [0.1, 0.15) is 5.82 Å². The minimum atomic E-state index is 0.724. The maximum Gasteiger partial charge on any atom is 0.174 e. The molecule has 0 aliphatic rings. The van der Waals surface area contributed by atoms with E-state index in [-0.39, 0.29) is 0 Å². The van der Waals surface area contributed by atoms with Crippen LogP contribution in [0.5, 0.6) is 0 Å². The van der Waals surface area contributed by atoms with Gasteiger partial charge in [-0.25, -0.2) is 9.97 Å². The molecule has 3 aromatic carbocycles. The van der Waals surface area contributed by atoms with Crippen molar-refractivity contribution in [2.75, 3.05) is 0 Å². The van der Waals surface area contributed by atoms with Crippen molar-refractivity contribution in [1.82, 2.24) is 39.7 Å². The van der Waals surface area contributed by atoms with Crippen LogP contribution in [-0.2, 0) is 32.4 Å². The summed E-state index contributed by atoms with van der Waals surface area (Å²) in [4.78, 5) is 9.85. The minimum absolute atomic E-state index is 0.724. The van der Waals surface area contributed by atoms with Crippen LogP contribution in [-0.4, -0.2) is 39.7 Å². The molecule has 41 heavy (non-hydrogen) atoms. The summed E-state index contributed by atoms with van der Waals surface area (Å²) in [7, 11) is 0. The van der Waals surface area contributed by atoms with Gasteiger partial charge in [0.25, 0.3) is 0 Å². The lowest BCUT2D eigenvalue weighted by molar-refractivity contribution is 0.678. The van der Waals surface area contributed by atoms with Crippen LogP contribution in [0.3, 0.4) is 0 Å². The Kier molecular flexibility index (Phi) is 7.71. The Balaban J connectivity index is 1.40. The molecule has 8 heteroatoms. The minimum Gasteiger partial charge on any atom is -0.337 e. The summed E-state index contributed by atoms with van der Waals surface area (Å²) in [6.07, 6.45) is 8.69. The molecule has 1 N–H and O–H groups in total. The fraction of sp³-hybridized carbons (Fsp3) is 0.303. The molecule has 0 saturated heterocycles. The summed E-state index contributed by atoms with van der Waals surface area (Å²) in [6, 6.07) is 21.9. The van der Waals surface area contributed by atoms with Crippen LogP contribution in [0.4, 0.5) is 0 Å². The highest BCUT2D eigenvalue weighted by Gasteiger charge is 2.16. The number of nitrogens with zero attached hydrogens (tertiary/aromatic N) is 7. The smallest absolute Gasteiger partial charge is 0.174 e. The monoisotopic (exact) mass is 544 g/mol. The van der Waals surface area contributed by atoms with E-state index in [1.54, 1.807) is 0 Å².